The van der Waals surface area contributed by atoms with E-state index in [1.807, 2.05) is 4.90 Å². The molecule has 1 saturated carbocycles. The maximum Gasteiger partial charge on any atom is 0.233 e. The van der Waals surface area contributed by atoms with Crippen LogP contribution >= 0.6 is 11.8 Å². The van der Waals surface area contributed by atoms with Crippen LogP contribution in [-0.2, 0) is 4.79 Å². The predicted octanol–water partition coefficient (Wildman–Crippen LogP) is 2.35. The van der Waals surface area contributed by atoms with Gasteiger partial charge in [0.1, 0.15) is 6.33 Å². The minimum absolute atomic E-state index is 0.167. The molecule has 1 fully saturated rings. The van der Waals surface area contributed by atoms with Crippen LogP contribution in [0.4, 0.5) is 0 Å². The molecule has 1 heterocycles. The van der Waals surface area contributed by atoms with E-state index in [4.69, 9.17) is 0 Å². The normalized spacial score (nSPS) is 15.3. The Balaban J connectivity index is 1.93. The third-order valence-electron chi connectivity index (χ3n) is 3.21. The number of thioether (sulfide) groups is 1. The van der Waals surface area contributed by atoms with Crippen LogP contribution in [0.3, 0.4) is 0 Å². The zero-order chi connectivity index (χ0) is 14.0. The molecule has 0 N–H and O–H groups in total. The van der Waals surface area contributed by atoms with E-state index >= 15 is 0 Å². The van der Waals surface area contributed by atoms with Crippen molar-refractivity contribution in [2.24, 2.45) is 0 Å². The highest BCUT2D eigenvalue weighted by Gasteiger charge is 2.27. The van der Waals surface area contributed by atoms with Crippen LogP contribution in [0.1, 0.15) is 46.6 Å². The van der Waals surface area contributed by atoms with Gasteiger partial charge in [-0.05, 0) is 40.5 Å². The molecule has 1 aliphatic rings. The molecule has 0 bridgehead atoms. The molecule has 19 heavy (non-hydrogen) atoms. The first-order valence-electron chi connectivity index (χ1n) is 6.84. The van der Waals surface area contributed by atoms with E-state index in [0.29, 0.717) is 11.8 Å². The second kappa shape index (κ2) is 5.94. The molecule has 1 amide bonds. The number of carbonyl (C=O) groups excluding carboxylic acids is 1. The quantitative estimate of drug-likeness (QED) is 0.752. The second-order valence-electron chi connectivity index (χ2n) is 5.53. The lowest BCUT2D eigenvalue weighted by Gasteiger charge is -2.30. The smallest absolute Gasteiger partial charge is 0.233 e. The second-order valence-corrected chi connectivity index (χ2v) is 6.47. The van der Waals surface area contributed by atoms with Crippen LogP contribution in [0.5, 0.6) is 0 Å². The summed E-state index contributed by atoms with van der Waals surface area (Å²) < 4.78 is 2.09. The van der Waals surface area contributed by atoms with Gasteiger partial charge in [0, 0.05) is 18.1 Å². The molecule has 0 spiro atoms. The molecule has 1 aromatic heterocycles. The fraction of sp³-hybridized carbons (Fsp3) is 0.769. The van der Waals surface area contributed by atoms with Gasteiger partial charge in [-0.15, -0.1) is 10.2 Å². The lowest BCUT2D eigenvalue weighted by atomic mass is 10.2. The number of amides is 1. The van der Waals surface area contributed by atoms with Gasteiger partial charge in [0.2, 0.25) is 5.91 Å². The van der Waals surface area contributed by atoms with E-state index in [2.05, 4.69) is 42.5 Å². The molecule has 1 aromatic rings. The highest BCUT2D eigenvalue weighted by molar-refractivity contribution is 7.99. The zero-order valence-corrected chi connectivity index (χ0v) is 12.9. The Hall–Kier alpha value is -1.04. The maximum atomic E-state index is 12.3. The minimum atomic E-state index is 0.167. The monoisotopic (exact) mass is 282 g/mol. The molecule has 0 aliphatic heterocycles. The first-order valence-corrected chi connectivity index (χ1v) is 7.82. The first-order chi connectivity index (χ1) is 9.00. The van der Waals surface area contributed by atoms with Gasteiger partial charge in [0.15, 0.2) is 5.16 Å². The summed E-state index contributed by atoms with van der Waals surface area (Å²) in [7, 11) is 0. The van der Waals surface area contributed by atoms with Gasteiger partial charge in [-0.3, -0.25) is 4.79 Å². The summed E-state index contributed by atoms with van der Waals surface area (Å²) in [5.74, 6) is 0.599. The van der Waals surface area contributed by atoms with Crippen molar-refractivity contribution in [2.75, 3.05) is 5.75 Å². The van der Waals surface area contributed by atoms with Crippen LogP contribution in [0.15, 0.2) is 11.5 Å². The number of rotatable bonds is 6. The summed E-state index contributed by atoms with van der Waals surface area (Å²) >= 11 is 1.49. The SMILES string of the molecule is CC(C)N(C(=O)CSc1nncn1C1CC1)C(C)C. The van der Waals surface area contributed by atoms with Crippen molar-refractivity contribution in [3.63, 3.8) is 0 Å². The molecule has 0 radical (unpaired) electrons. The van der Waals surface area contributed by atoms with Gasteiger partial charge in [-0.25, -0.2) is 0 Å². The molecule has 0 aromatic carbocycles. The van der Waals surface area contributed by atoms with Crippen molar-refractivity contribution in [1.82, 2.24) is 19.7 Å². The van der Waals surface area contributed by atoms with Crippen molar-refractivity contribution in [2.45, 2.75) is 63.8 Å². The Kier molecular flexibility index (Phi) is 4.50. The molecule has 106 valence electrons. The molecule has 0 atom stereocenters. The fourth-order valence-corrected chi connectivity index (χ4v) is 3.16. The van der Waals surface area contributed by atoms with Crippen LogP contribution in [0.25, 0.3) is 0 Å². The highest BCUT2D eigenvalue weighted by Crippen LogP contribution is 2.37. The summed E-state index contributed by atoms with van der Waals surface area (Å²) in [5.41, 5.74) is 0. The number of nitrogens with zero attached hydrogens (tertiary/aromatic N) is 4. The standard InChI is InChI=1S/C13H22N4OS/c1-9(2)17(10(3)4)12(18)7-19-13-15-14-8-16(13)11-5-6-11/h8-11H,5-7H2,1-4H3. The summed E-state index contributed by atoms with van der Waals surface area (Å²) in [6.45, 7) is 8.20. The lowest BCUT2D eigenvalue weighted by Crippen LogP contribution is -2.43. The van der Waals surface area contributed by atoms with Crippen LogP contribution in [0, 0.1) is 0 Å². The largest absolute Gasteiger partial charge is 0.337 e. The Morgan fingerprint density at radius 2 is 2.05 bits per heavy atom. The Morgan fingerprint density at radius 1 is 1.42 bits per heavy atom. The zero-order valence-electron chi connectivity index (χ0n) is 12.0. The van der Waals surface area contributed by atoms with Crippen molar-refractivity contribution < 1.29 is 4.79 Å². The molecule has 0 unspecified atom stereocenters. The van der Waals surface area contributed by atoms with Gasteiger partial charge in [-0.2, -0.15) is 0 Å². The van der Waals surface area contributed by atoms with Crippen LogP contribution in [0.2, 0.25) is 0 Å². The first kappa shape index (κ1) is 14.4. The third-order valence-corrected chi connectivity index (χ3v) is 4.15. The molecule has 1 aliphatic carbocycles. The van der Waals surface area contributed by atoms with Crippen molar-refractivity contribution in [3.8, 4) is 0 Å². The average Bonchev–Trinajstić information content (AvgIpc) is 3.05. The van der Waals surface area contributed by atoms with E-state index in [1.54, 1.807) is 6.33 Å². The molecule has 0 saturated heterocycles. The van der Waals surface area contributed by atoms with Crippen LogP contribution < -0.4 is 0 Å². The predicted molar refractivity (Wildman–Crippen MR) is 76.1 cm³/mol. The molecule has 2 rings (SSSR count). The van der Waals surface area contributed by atoms with E-state index in [1.165, 1.54) is 24.6 Å². The number of carbonyl (C=O) groups is 1. The van der Waals surface area contributed by atoms with E-state index in [9.17, 15) is 4.79 Å². The van der Waals surface area contributed by atoms with Crippen molar-refractivity contribution in [3.05, 3.63) is 6.33 Å². The van der Waals surface area contributed by atoms with Crippen molar-refractivity contribution >= 4 is 17.7 Å². The van der Waals surface area contributed by atoms with Gasteiger partial charge >= 0.3 is 0 Å². The maximum absolute atomic E-state index is 12.3. The number of hydrogen-bond acceptors (Lipinski definition) is 4. The van der Waals surface area contributed by atoms with Crippen molar-refractivity contribution in [1.29, 1.82) is 0 Å². The van der Waals surface area contributed by atoms with Gasteiger partial charge < -0.3 is 9.47 Å². The summed E-state index contributed by atoms with van der Waals surface area (Å²) in [6, 6.07) is 1.02. The summed E-state index contributed by atoms with van der Waals surface area (Å²) in [5, 5.41) is 8.91. The molecular weight excluding hydrogens is 260 g/mol. The summed E-state index contributed by atoms with van der Waals surface area (Å²) in [6.07, 6.45) is 4.17. The van der Waals surface area contributed by atoms with E-state index in [-0.39, 0.29) is 18.0 Å². The van der Waals surface area contributed by atoms with E-state index < -0.39 is 0 Å². The number of aromatic nitrogens is 3. The minimum Gasteiger partial charge on any atom is -0.337 e. The highest BCUT2D eigenvalue weighted by atomic mass is 32.2. The average molecular weight is 282 g/mol. The van der Waals surface area contributed by atoms with Gasteiger partial charge in [-0.1, -0.05) is 11.8 Å². The fourth-order valence-electron chi connectivity index (χ4n) is 2.31. The Morgan fingerprint density at radius 3 is 2.58 bits per heavy atom. The topological polar surface area (TPSA) is 51.0 Å². The van der Waals surface area contributed by atoms with Crippen LogP contribution in [-0.4, -0.2) is 43.4 Å². The Labute approximate surface area is 118 Å². The molecular formula is C13H22N4OS. The Bertz CT molecular complexity index is 432. The third kappa shape index (κ3) is 3.49. The van der Waals surface area contributed by atoms with Gasteiger partial charge in [0.25, 0.3) is 0 Å². The molecule has 5 nitrogen and oxygen atoms in total. The lowest BCUT2D eigenvalue weighted by molar-refractivity contribution is -0.131. The molecule has 6 heteroatoms. The van der Waals surface area contributed by atoms with Gasteiger partial charge in [0.05, 0.1) is 5.75 Å². The number of hydrogen-bond donors (Lipinski definition) is 0. The summed E-state index contributed by atoms with van der Waals surface area (Å²) in [4.78, 5) is 14.2. The van der Waals surface area contributed by atoms with E-state index in [0.717, 1.165) is 5.16 Å².